The highest BCUT2D eigenvalue weighted by atomic mass is 32.2. The number of aromatic nitrogens is 2. The van der Waals surface area contributed by atoms with E-state index in [1.807, 2.05) is 13.8 Å². The molecule has 1 aliphatic rings. The Morgan fingerprint density at radius 2 is 1.92 bits per heavy atom. The van der Waals surface area contributed by atoms with Crippen LogP contribution in [0.3, 0.4) is 0 Å². The summed E-state index contributed by atoms with van der Waals surface area (Å²) in [5.74, 6) is 0.0521. The van der Waals surface area contributed by atoms with Gasteiger partial charge in [0.2, 0.25) is 10.0 Å². The molecule has 136 valence electrons. The van der Waals surface area contributed by atoms with Crippen molar-refractivity contribution >= 4 is 15.9 Å². The Morgan fingerprint density at radius 1 is 1.24 bits per heavy atom. The van der Waals surface area contributed by atoms with Crippen LogP contribution in [0.5, 0.6) is 0 Å². The Hall–Kier alpha value is -2.13. The van der Waals surface area contributed by atoms with Gasteiger partial charge in [0, 0.05) is 38.4 Å². The zero-order chi connectivity index (χ0) is 18.2. The highest BCUT2D eigenvalue weighted by Crippen LogP contribution is 2.22. The van der Waals surface area contributed by atoms with E-state index in [1.165, 1.54) is 10.6 Å². The fourth-order valence-electron chi connectivity index (χ4n) is 2.81. The van der Waals surface area contributed by atoms with Gasteiger partial charge in [0.1, 0.15) is 4.90 Å². The summed E-state index contributed by atoms with van der Waals surface area (Å²) in [6.45, 7) is 6.75. The second-order valence-electron chi connectivity index (χ2n) is 6.33. The molecular weight excluding hydrogens is 344 g/mol. The SMILES string of the molecule is Cc1nn(C(C)C)cc1S(=O)(=O)N1CCN(C(=O)c2ccco2)CC1. The molecular formula is C16H22N4O4S. The van der Waals surface area contributed by atoms with E-state index in [0.29, 0.717) is 18.8 Å². The molecule has 0 aromatic carbocycles. The summed E-state index contributed by atoms with van der Waals surface area (Å²) in [6.07, 6.45) is 3.03. The third-order valence-electron chi connectivity index (χ3n) is 4.28. The molecule has 0 saturated carbocycles. The number of piperazine rings is 1. The number of furan rings is 1. The first-order chi connectivity index (χ1) is 11.8. The summed E-state index contributed by atoms with van der Waals surface area (Å²) in [5, 5.41) is 4.28. The van der Waals surface area contributed by atoms with Crippen molar-refractivity contribution in [3.05, 3.63) is 36.0 Å². The molecule has 0 aliphatic carbocycles. The van der Waals surface area contributed by atoms with Crippen LogP contribution in [-0.4, -0.2) is 59.5 Å². The Kier molecular flexibility index (Phi) is 4.70. The minimum atomic E-state index is -3.62. The number of aryl methyl sites for hydroxylation is 1. The highest BCUT2D eigenvalue weighted by Gasteiger charge is 2.33. The fraction of sp³-hybridized carbons (Fsp3) is 0.500. The van der Waals surface area contributed by atoms with Gasteiger partial charge < -0.3 is 9.32 Å². The van der Waals surface area contributed by atoms with Crippen LogP contribution < -0.4 is 0 Å². The molecule has 1 fully saturated rings. The van der Waals surface area contributed by atoms with E-state index in [4.69, 9.17) is 4.42 Å². The molecule has 2 aromatic rings. The topological polar surface area (TPSA) is 88.7 Å². The van der Waals surface area contributed by atoms with Crippen molar-refractivity contribution < 1.29 is 17.6 Å². The number of carbonyl (C=O) groups excluding carboxylic acids is 1. The molecule has 1 saturated heterocycles. The Balaban J connectivity index is 1.72. The van der Waals surface area contributed by atoms with Gasteiger partial charge in [0.15, 0.2) is 5.76 Å². The monoisotopic (exact) mass is 366 g/mol. The van der Waals surface area contributed by atoms with Crippen molar-refractivity contribution in [3.8, 4) is 0 Å². The zero-order valence-electron chi connectivity index (χ0n) is 14.5. The molecule has 3 rings (SSSR count). The summed E-state index contributed by atoms with van der Waals surface area (Å²) in [5.41, 5.74) is 0.489. The normalized spacial score (nSPS) is 16.6. The first-order valence-electron chi connectivity index (χ1n) is 8.19. The maximum atomic E-state index is 12.9. The number of rotatable bonds is 4. The van der Waals surface area contributed by atoms with Crippen LogP contribution >= 0.6 is 0 Å². The van der Waals surface area contributed by atoms with Gasteiger partial charge in [-0.05, 0) is 32.9 Å². The van der Waals surface area contributed by atoms with E-state index in [-0.39, 0.29) is 35.7 Å². The van der Waals surface area contributed by atoms with Gasteiger partial charge in [-0.2, -0.15) is 9.40 Å². The van der Waals surface area contributed by atoms with Crippen molar-refractivity contribution in [2.24, 2.45) is 0 Å². The van der Waals surface area contributed by atoms with Gasteiger partial charge in [0.25, 0.3) is 5.91 Å². The predicted molar refractivity (Wildman–Crippen MR) is 90.7 cm³/mol. The summed E-state index contributed by atoms with van der Waals surface area (Å²) in [7, 11) is -3.62. The lowest BCUT2D eigenvalue weighted by atomic mass is 10.3. The second-order valence-corrected chi connectivity index (χ2v) is 8.23. The average molecular weight is 366 g/mol. The first kappa shape index (κ1) is 17.7. The summed E-state index contributed by atoms with van der Waals surface area (Å²) in [6, 6.07) is 3.35. The molecule has 2 aromatic heterocycles. The van der Waals surface area contributed by atoms with Crippen LogP contribution in [0.15, 0.2) is 33.9 Å². The quantitative estimate of drug-likeness (QED) is 0.818. The van der Waals surface area contributed by atoms with E-state index >= 15 is 0 Å². The standard InChI is InChI=1S/C16H22N4O4S/c1-12(2)20-11-15(13(3)17-20)25(22,23)19-8-6-18(7-9-19)16(21)14-5-4-10-24-14/h4-5,10-12H,6-9H2,1-3H3. The molecule has 0 unspecified atom stereocenters. The summed E-state index contributed by atoms with van der Waals surface area (Å²) >= 11 is 0. The van der Waals surface area contributed by atoms with Crippen LogP contribution in [0.4, 0.5) is 0 Å². The molecule has 1 aliphatic heterocycles. The lowest BCUT2D eigenvalue weighted by molar-refractivity contribution is 0.0666. The highest BCUT2D eigenvalue weighted by molar-refractivity contribution is 7.89. The largest absolute Gasteiger partial charge is 0.459 e. The van der Waals surface area contributed by atoms with E-state index < -0.39 is 10.0 Å². The molecule has 0 bridgehead atoms. The van der Waals surface area contributed by atoms with Crippen molar-refractivity contribution in [3.63, 3.8) is 0 Å². The molecule has 0 spiro atoms. The first-order valence-corrected chi connectivity index (χ1v) is 9.63. The molecule has 0 atom stereocenters. The van der Waals surface area contributed by atoms with Gasteiger partial charge in [-0.25, -0.2) is 8.42 Å². The number of nitrogens with zero attached hydrogens (tertiary/aromatic N) is 4. The molecule has 1 amide bonds. The third-order valence-corrected chi connectivity index (χ3v) is 6.28. The van der Waals surface area contributed by atoms with E-state index in [9.17, 15) is 13.2 Å². The van der Waals surface area contributed by atoms with Crippen molar-refractivity contribution in [1.82, 2.24) is 19.0 Å². The van der Waals surface area contributed by atoms with Gasteiger partial charge in [0.05, 0.1) is 12.0 Å². The van der Waals surface area contributed by atoms with Crippen LogP contribution in [-0.2, 0) is 10.0 Å². The minimum absolute atomic E-state index is 0.0883. The minimum Gasteiger partial charge on any atom is -0.459 e. The molecule has 0 radical (unpaired) electrons. The fourth-order valence-corrected chi connectivity index (χ4v) is 4.39. The van der Waals surface area contributed by atoms with Crippen LogP contribution in [0.2, 0.25) is 0 Å². The van der Waals surface area contributed by atoms with Gasteiger partial charge >= 0.3 is 0 Å². The van der Waals surface area contributed by atoms with Crippen LogP contribution in [0.1, 0.15) is 36.1 Å². The Bertz CT molecular complexity index is 847. The summed E-state index contributed by atoms with van der Waals surface area (Å²) < 4.78 is 34.0. The molecule has 3 heterocycles. The zero-order valence-corrected chi connectivity index (χ0v) is 15.4. The Morgan fingerprint density at radius 3 is 2.44 bits per heavy atom. The van der Waals surface area contributed by atoms with Crippen LogP contribution in [0, 0.1) is 6.92 Å². The third kappa shape index (κ3) is 3.34. The number of carbonyl (C=O) groups is 1. The van der Waals surface area contributed by atoms with Crippen molar-refractivity contribution in [2.75, 3.05) is 26.2 Å². The maximum absolute atomic E-state index is 12.9. The number of sulfonamides is 1. The van der Waals surface area contributed by atoms with E-state index in [1.54, 1.807) is 34.8 Å². The number of hydrogen-bond donors (Lipinski definition) is 0. The van der Waals surface area contributed by atoms with Crippen LogP contribution in [0.25, 0.3) is 0 Å². The predicted octanol–water partition coefficient (Wildman–Crippen LogP) is 1.51. The van der Waals surface area contributed by atoms with Gasteiger partial charge in [-0.15, -0.1) is 0 Å². The molecule has 25 heavy (non-hydrogen) atoms. The average Bonchev–Trinajstić information content (AvgIpc) is 3.24. The van der Waals surface area contributed by atoms with Gasteiger partial charge in [-0.3, -0.25) is 9.48 Å². The maximum Gasteiger partial charge on any atom is 0.289 e. The van der Waals surface area contributed by atoms with Crippen molar-refractivity contribution in [2.45, 2.75) is 31.7 Å². The number of amides is 1. The summed E-state index contributed by atoms with van der Waals surface area (Å²) in [4.78, 5) is 14.1. The van der Waals surface area contributed by atoms with E-state index in [2.05, 4.69) is 5.10 Å². The second kappa shape index (κ2) is 6.64. The molecule has 9 heteroatoms. The lowest BCUT2D eigenvalue weighted by Crippen LogP contribution is -2.50. The Labute approximate surface area is 147 Å². The number of hydrogen-bond acceptors (Lipinski definition) is 5. The smallest absolute Gasteiger partial charge is 0.289 e. The lowest BCUT2D eigenvalue weighted by Gasteiger charge is -2.33. The van der Waals surface area contributed by atoms with E-state index in [0.717, 1.165) is 0 Å². The van der Waals surface area contributed by atoms with Crippen molar-refractivity contribution in [1.29, 1.82) is 0 Å². The molecule has 8 nitrogen and oxygen atoms in total. The molecule has 0 N–H and O–H groups in total. The van der Waals surface area contributed by atoms with Gasteiger partial charge in [-0.1, -0.05) is 0 Å².